The predicted octanol–water partition coefficient (Wildman–Crippen LogP) is 6.71. The van der Waals surface area contributed by atoms with E-state index in [2.05, 4.69) is 0 Å². The van der Waals surface area contributed by atoms with Crippen LogP contribution < -0.4 is 0 Å². The van der Waals surface area contributed by atoms with Gasteiger partial charge in [-0.15, -0.1) is 0 Å². The van der Waals surface area contributed by atoms with Crippen molar-refractivity contribution in [3.05, 3.63) is 91.4 Å². The number of hydrogen-bond donors (Lipinski definition) is 1. The SMILES string of the molecule is O=C(COC(=O)c1c(Cl)c(Cl)c(Cl)c(Cl)c1C(=O)O)c1ccc(-c2ccccc2)cc1. The summed E-state index contributed by atoms with van der Waals surface area (Å²) in [6.07, 6.45) is 0. The highest BCUT2D eigenvalue weighted by Crippen LogP contribution is 2.41. The molecule has 0 saturated heterocycles. The highest BCUT2D eigenvalue weighted by Gasteiger charge is 2.30. The quantitative estimate of drug-likeness (QED) is 0.177. The van der Waals surface area contributed by atoms with Crippen LogP contribution in [0.1, 0.15) is 31.1 Å². The van der Waals surface area contributed by atoms with Crippen molar-refractivity contribution in [1.29, 1.82) is 0 Å². The Kier molecular flexibility index (Phi) is 7.23. The van der Waals surface area contributed by atoms with Crippen LogP contribution in [0.15, 0.2) is 54.6 Å². The average molecular weight is 498 g/mol. The van der Waals surface area contributed by atoms with E-state index in [1.54, 1.807) is 24.3 Å². The minimum Gasteiger partial charge on any atom is -0.478 e. The lowest BCUT2D eigenvalue weighted by atomic mass is 10.0. The van der Waals surface area contributed by atoms with Gasteiger partial charge in [-0.3, -0.25) is 4.79 Å². The van der Waals surface area contributed by atoms with Gasteiger partial charge in [0.15, 0.2) is 12.4 Å². The average Bonchev–Trinajstić information content (AvgIpc) is 2.78. The Morgan fingerprint density at radius 2 is 1.23 bits per heavy atom. The Bertz CT molecular complexity index is 1180. The Labute approximate surface area is 197 Å². The van der Waals surface area contributed by atoms with E-state index >= 15 is 0 Å². The van der Waals surface area contributed by atoms with E-state index in [4.69, 9.17) is 51.1 Å². The maximum atomic E-state index is 12.5. The number of ketones is 1. The molecule has 3 aromatic rings. The van der Waals surface area contributed by atoms with E-state index in [1.807, 2.05) is 30.3 Å². The van der Waals surface area contributed by atoms with E-state index in [1.165, 1.54) is 0 Å². The molecule has 31 heavy (non-hydrogen) atoms. The first-order valence-corrected chi connectivity index (χ1v) is 10.2. The van der Waals surface area contributed by atoms with E-state index in [0.717, 1.165) is 11.1 Å². The third kappa shape index (κ3) is 4.86. The summed E-state index contributed by atoms with van der Waals surface area (Å²) in [5, 5.41) is 7.89. The Morgan fingerprint density at radius 1 is 0.710 bits per heavy atom. The fourth-order valence-corrected chi connectivity index (χ4v) is 3.80. The molecule has 3 aromatic carbocycles. The van der Waals surface area contributed by atoms with Crippen LogP contribution in [0.25, 0.3) is 11.1 Å². The number of carboxylic acids is 1. The highest BCUT2D eigenvalue weighted by atomic mass is 35.5. The summed E-state index contributed by atoms with van der Waals surface area (Å²) in [5.41, 5.74) is 0.966. The molecule has 0 radical (unpaired) electrons. The summed E-state index contributed by atoms with van der Waals surface area (Å²) < 4.78 is 4.98. The molecule has 0 atom stereocenters. The van der Waals surface area contributed by atoms with Crippen molar-refractivity contribution in [2.45, 2.75) is 0 Å². The summed E-state index contributed by atoms with van der Waals surface area (Å²) in [7, 11) is 0. The van der Waals surface area contributed by atoms with Gasteiger partial charge in [-0.05, 0) is 11.1 Å². The standard InChI is InChI=1S/C22H12Cl4O5/c23-17-15(21(28)29)16(18(24)20(26)19(17)25)22(30)31-10-14(27)13-8-6-12(7-9-13)11-4-2-1-3-5-11/h1-9H,10H2,(H,28,29). The fourth-order valence-electron chi connectivity index (χ4n) is 2.79. The predicted molar refractivity (Wildman–Crippen MR) is 120 cm³/mol. The molecule has 3 rings (SSSR count). The molecule has 0 spiro atoms. The molecular weight excluding hydrogens is 486 g/mol. The molecule has 0 aliphatic carbocycles. The van der Waals surface area contributed by atoms with Gasteiger partial charge in [-0.25, -0.2) is 9.59 Å². The first kappa shape index (κ1) is 23.1. The lowest BCUT2D eigenvalue weighted by Gasteiger charge is -2.13. The molecule has 9 heteroatoms. The van der Waals surface area contributed by atoms with Gasteiger partial charge in [0.1, 0.15) is 0 Å². The van der Waals surface area contributed by atoms with Crippen LogP contribution in [0.3, 0.4) is 0 Å². The smallest absolute Gasteiger partial charge is 0.341 e. The molecule has 0 bridgehead atoms. The van der Waals surface area contributed by atoms with Gasteiger partial charge in [-0.1, -0.05) is 101 Å². The lowest BCUT2D eigenvalue weighted by Crippen LogP contribution is -2.18. The van der Waals surface area contributed by atoms with E-state index < -0.39 is 45.5 Å². The third-order valence-corrected chi connectivity index (χ3v) is 6.14. The molecular formula is C22H12Cl4O5. The number of esters is 1. The van der Waals surface area contributed by atoms with E-state index in [9.17, 15) is 19.5 Å². The molecule has 0 heterocycles. The second kappa shape index (κ2) is 9.71. The fraction of sp³-hybridized carbons (Fsp3) is 0.0455. The van der Waals surface area contributed by atoms with Gasteiger partial charge in [-0.2, -0.15) is 0 Å². The van der Waals surface area contributed by atoms with Crippen LogP contribution in [-0.4, -0.2) is 29.4 Å². The zero-order valence-electron chi connectivity index (χ0n) is 15.5. The van der Waals surface area contributed by atoms with Crippen LogP contribution in [0.2, 0.25) is 20.1 Å². The van der Waals surface area contributed by atoms with Gasteiger partial charge in [0.2, 0.25) is 0 Å². The number of benzene rings is 3. The van der Waals surface area contributed by atoms with Crippen LogP contribution in [0, 0.1) is 0 Å². The summed E-state index contributed by atoms with van der Waals surface area (Å²) in [5.74, 6) is -3.22. The number of ether oxygens (including phenoxy) is 1. The molecule has 0 amide bonds. The minimum absolute atomic E-state index is 0.298. The maximum Gasteiger partial charge on any atom is 0.341 e. The number of carbonyl (C=O) groups excluding carboxylic acids is 2. The van der Waals surface area contributed by atoms with E-state index in [-0.39, 0.29) is 10.0 Å². The van der Waals surface area contributed by atoms with Crippen molar-refractivity contribution in [2.24, 2.45) is 0 Å². The number of Topliss-reactive ketones (excluding diaryl/α,β-unsaturated/α-hetero) is 1. The Balaban J connectivity index is 1.78. The molecule has 0 aliphatic heterocycles. The highest BCUT2D eigenvalue weighted by molar-refractivity contribution is 6.54. The lowest BCUT2D eigenvalue weighted by molar-refractivity contribution is 0.0468. The second-order valence-corrected chi connectivity index (χ2v) is 7.77. The number of hydrogen-bond acceptors (Lipinski definition) is 4. The molecule has 0 fully saturated rings. The van der Waals surface area contributed by atoms with Gasteiger partial charge in [0.05, 0.1) is 31.2 Å². The molecule has 5 nitrogen and oxygen atoms in total. The summed E-state index contributed by atoms with van der Waals surface area (Å²) in [6.45, 7) is -0.642. The van der Waals surface area contributed by atoms with Gasteiger partial charge >= 0.3 is 11.9 Å². The van der Waals surface area contributed by atoms with Crippen LogP contribution in [-0.2, 0) is 4.74 Å². The summed E-state index contributed by atoms with van der Waals surface area (Å²) >= 11 is 23.7. The number of carboxylic acid groups (broad SMARTS) is 1. The zero-order valence-corrected chi connectivity index (χ0v) is 18.5. The summed E-state index contributed by atoms with van der Waals surface area (Å²) in [4.78, 5) is 36.5. The first-order valence-electron chi connectivity index (χ1n) is 8.67. The minimum atomic E-state index is -1.56. The van der Waals surface area contributed by atoms with Crippen molar-refractivity contribution >= 4 is 64.1 Å². The second-order valence-electron chi connectivity index (χ2n) is 6.25. The van der Waals surface area contributed by atoms with Crippen molar-refractivity contribution < 1.29 is 24.2 Å². The first-order chi connectivity index (χ1) is 14.7. The molecule has 0 unspecified atom stereocenters. The summed E-state index contributed by atoms with van der Waals surface area (Å²) in [6, 6.07) is 16.3. The Morgan fingerprint density at radius 3 is 1.77 bits per heavy atom. The number of halogens is 4. The number of carbonyl (C=O) groups is 3. The van der Waals surface area contributed by atoms with E-state index in [0.29, 0.717) is 5.56 Å². The van der Waals surface area contributed by atoms with Gasteiger partial charge in [0, 0.05) is 5.56 Å². The maximum absolute atomic E-state index is 12.5. The van der Waals surface area contributed by atoms with Crippen molar-refractivity contribution in [3.63, 3.8) is 0 Å². The molecule has 1 N–H and O–H groups in total. The molecule has 158 valence electrons. The molecule has 0 aliphatic rings. The zero-order chi connectivity index (χ0) is 22.7. The van der Waals surface area contributed by atoms with Crippen molar-refractivity contribution in [2.75, 3.05) is 6.61 Å². The van der Waals surface area contributed by atoms with Gasteiger partial charge in [0.25, 0.3) is 0 Å². The largest absolute Gasteiger partial charge is 0.478 e. The number of aromatic carboxylic acids is 1. The van der Waals surface area contributed by atoms with Crippen molar-refractivity contribution in [1.82, 2.24) is 0 Å². The van der Waals surface area contributed by atoms with Crippen molar-refractivity contribution in [3.8, 4) is 11.1 Å². The van der Waals surface area contributed by atoms with Crippen LogP contribution in [0.4, 0.5) is 0 Å². The number of rotatable bonds is 6. The third-order valence-electron chi connectivity index (χ3n) is 4.33. The van der Waals surface area contributed by atoms with Crippen LogP contribution >= 0.6 is 46.4 Å². The monoisotopic (exact) mass is 496 g/mol. The van der Waals surface area contributed by atoms with Gasteiger partial charge < -0.3 is 9.84 Å². The topological polar surface area (TPSA) is 80.7 Å². The molecule has 0 aromatic heterocycles. The molecule has 0 saturated carbocycles. The normalized spacial score (nSPS) is 10.6. The van der Waals surface area contributed by atoms with Crippen LogP contribution in [0.5, 0.6) is 0 Å². The Hall–Kier alpha value is -2.57.